The van der Waals surface area contributed by atoms with Gasteiger partial charge in [0.15, 0.2) is 0 Å². The maximum absolute atomic E-state index is 9.77. The lowest BCUT2D eigenvalue weighted by Gasteiger charge is -2.37. The zero-order chi connectivity index (χ0) is 13.8. The molecule has 0 amide bonds. The molecule has 2 aromatic carbocycles. The van der Waals surface area contributed by atoms with Crippen LogP contribution < -0.4 is 5.32 Å². The molecule has 0 saturated heterocycles. The second-order valence-corrected chi connectivity index (χ2v) is 5.99. The summed E-state index contributed by atoms with van der Waals surface area (Å²) in [5, 5.41) is 16.0. The zero-order valence-electron chi connectivity index (χ0n) is 11.9. The Morgan fingerprint density at radius 2 is 1.70 bits per heavy atom. The fraction of sp³-hybridized carbons (Fsp3) is 0.444. The maximum atomic E-state index is 9.77. The molecule has 0 spiro atoms. The monoisotopic (exact) mass is 269 g/mol. The van der Waals surface area contributed by atoms with Crippen LogP contribution in [0.5, 0.6) is 0 Å². The van der Waals surface area contributed by atoms with Crippen molar-refractivity contribution >= 4 is 10.8 Å². The first-order valence-corrected chi connectivity index (χ1v) is 7.66. The summed E-state index contributed by atoms with van der Waals surface area (Å²) < 4.78 is 0. The van der Waals surface area contributed by atoms with Crippen LogP contribution in [0, 0.1) is 0 Å². The second-order valence-electron chi connectivity index (χ2n) is 5.99. The molecule has 3 rings (SSSR count). The molecule has 2 nitrogen and oxygen atoms in total. The van der Waals surface area contributed by atoms with Gasteiger partial charge in [-0.15, -0.1) is 0 Å². The summed E-state index contributed by atoms with van der Waals surface area (Å²) in [7, 11) is 0. The summed E-state index contributed by atoms with van der Waals surface area (Å²) in [5.74, 6) is 0. The van der Waals surface area contributed by atoms with Crippen molar-refractivity contribution in [1.82, 2.24) is 5.32 Å². The lowest BCUT2D eigenvalue weighted by molar-refractivity contribution is 0.119. The van der Waals surface area contributed by atoms with Crippen LogP contribution in [0.3, 0.4) is 0 Å². The van der Waals surface area contributed by atoms with Gasteiger partial charge in [0.2, 0.25) is 0 Å². The molecule has 0 bridgehead atoms. The summed E-state index contributed by atoms with van der Waals surface area (Å²) in [4.78, 5) is 0. The van der Waals surface area contributed by atoms with Gasteiger partial charge in [-0.3, -0.25) is 0 Å². The first-order valence-electron chi connectivity index (χ1n) is 7.66. The van der Waals surface area contributed by atoms with E-state index in [4.69, 9.17) is 0 Å². The molecule has 106 valence electrons. The van der Waals surface area contributed by atoms with E-state index in [1.807, 2.05) is 0 Å². The van der Waals surface area contributed by atoms with E-state index in [2.05, 4.69) is 47.8 Å². The van der Waals surface area contributed by atoms with Crippen LogP contribution in [0.2, 0.25) is 0 Å². The topological polar surface area (TPSA) is 32.3 Å². The molecule has 1 aliphatic rings. The summed E-state index contributed by atoms with van der Waals surface area (Å²) in [5.41, 5.74) is 1.26. The van der Waals surface area contributed by atoms with Crippen molar-refractivity contribution in [2.75, 3.05) is 6.61 Å². The van der Waals surface area contributed by atoms with E-state index in [1.165, 1.54) is 35.6 Å². The van der Waals surface area contributed by atoms with Crippen molar-refractivity contribution in [3.05, 3.63) is 48.0 Å². The van der Waals surface area contributed by atoms with E-state index >= 15 is 0 Å². The highest BCUT2D eigenvalue weighted by molar-refractivity contribution is 5.85. The van der Waals surface area contributed by atoms with Crippen molar-refractivity contribution in [3.63, 3.8) is 0 Å². The molecule has 0 aliphatic heterocycles. The Labute approximate surface area is 120 Å². The number of nitrogens with one attached hydrogen (secondary N) is 1. The number of rotatable bonds is 4. The lowest BCUT2D eigenvalue weighted by Crippen LogP contribution is -2.49. The van der Waals surface area contributed by atoms with E-state index in [1.54, 1.807) is 0 Å². The van der Waals surface area contributed by atoms with Crippen LogP contribution in [-0.2, 0) is 6.54 Å². The summed E-state index contributed by atoms with van der Waals surface area (Å²) in [6.07, 6.45) is 5.94. The van der Waals surface area contributed by atoms with E-state index < -0.39 is 0 Å². The SMILES string of the molecule is OCC1(NCc2cccc3ccccc23)CCCCC1. The Kier molecular flexibility index (Phi) is 4.04. The van der Waals surface area contributed by atoms with E-state index in [9.17, 15) is 5.11 Å². The van der Waals surface area contributed by atoms with Gasteiger partial charge in [-0.1, -0.05) is 61.7 Å². The van der Waals surface area contributed by atoms with Gasteiger partial charge in [-0.25, -0.2) is 0 Å². The van der Waals surface area contributed by atoms with Crippen molar-refractivity contribution in [2.45, 2.75) is 44.2 Å². The summed E-state index contributed by atoms with van der Waals surface area (Å²) in [6, 6.07) is 15.0. The number of hydrogen-bond acceptors (Lipinski definition) is 2. The molecule has 0 heterocycles. The Morgan fingerprint density at radius 3 is 2.50 bits per heavy atom. The van der Waals surface area contributed by atoms with E-state index in [0.29, 0.717) is 0 Å². The molecule has 0 atom stereocenters. The zero-order valence-corrected chi connectivity index (χ0v) is 11.9. The third kappa shape index (κ3) is 2.72. The van der Waals surface area contributed by atoms with Gasteiger partial charge in [0, 0.05) is 12.1 Å². The number of aliphatic hydroxyl groups is 1. The van der Waals surface area contributed by atoms with Gasteiger partial charge in [0.1, 0.15) is 0 Å². The normalized spacial score (nSPS) is 18.2. The minimum absolute atomic E-state index is 0.0603. The molecular formula is C18H23NO. The molecule has 2 heteroatoms. The number of fused-ring (bicyclic) bond motifs is 1. The van der Waals surface area contributed by atoms with Crippen LogP contribution in [-0.4, -0.2) is 17.3 Å². The smallest absolute Gasteiger partial charge is 0.0613 e. The van der Waals surface area contributed by atoms with Gasteiger partial charge in [-0.05, 0) is 29.2 Å². The average molecular weight is 269 g/mol. The summed E-state index contributed by atoms with van der Waals surface area (Å²) >= 11 is 0. The van der Waals surface area contributed by atoms with Gasteiger partial charge >= 0.3 is 0 Å². The fourth-order valence-corrected chi connectivity index (χ4v) is 3.35. The van der Waals surface area contributed by atoms with Crippen LogP contribution >= 0.6 is 0 Å². The first kappa shape index (κ1) is 13.6. The van der Waals surface area contributed by atoms with Gasteiger partial charge in [0.25, 0.3) is 0 Å². The second kappa shape index (κ2) is 5.94. The van der Waals surface area contributed by atoms with Crippen LogP contribution in [0.1, 0.15) is 37.7 Å². The minimum Gasteiger partial charge on any atom is -0.394 e. The Hall–Kier alpha value is -1.38. The van der Waals surface area contributed by atoms with Crippen molar-refractivity contribution < 1.29 is 5.11 Å². The van der Waals surface area contributed by atoms with Gasteiger partial charge in [0.05, 0.1) is 6.61 Å². The van der Waals surface area contributed by atoms with Crippen LogP contribution in [0.15, 0.2) is 42.5 Å². The molecule has 2 aromatic rings. The van der Waals surface area contributed by atoms with E-state index in [0.717, 1.165) is 19.4 Å². The molecule has 20 heavy (non-hydrogen) atoms. The van der Waals surface area contributed by atoms with Crippen LogP contribution in [0.25, 0.3) is 10.8 Å². The highest BCUT2D eigenvalue weighted by atomic mass is 16.3. The number of hydrogen-bond donors (Lipinski definition) is 2. The Balaban J connectivity index is 1.79. The quantitative estimate of drug-likeness (QED) is 0.888. The molecule has 1 aliphatic carbocycles. The van der Waals surface area contributed by atoms with Crippen LogP contribution in [0.4, 0.5) is 0 Å². The molecule has 0 radical (unpaired) electrons. The molecule has 1 fully saturated rings. The largest absolute Gasteiger partial charge is 0.394 e. The van der Waals surface area contributed by atoms with Gasteiger partial charge in [-0.2, -0.15) is 0 Å². The first-order chi connectivity index (χ1) is 9.83. The summed E-state index contributed by atoms with van der Waals surface area (Å²) in [6.45, 7) is 1.08. The fourth-order valence-electron chi connectivity index (χ4n) is 3.35. The van der Waals surface area contributed by atoms with Crippen molar-refractivity contribution in [3.8, 4) is 0 Å². The number of aliphatic hydroxyl groups excluding tert-OH is 1. The third-order valence-corrected chi connectivity index (χ3v) is 4.65. The Bertz CT molecular complexity index is 567. The predicted octanol–water partition coefficient (Wildman–Crippen LogP) is 3.62. The molecule has 0 unspecified atom stereocenters. The Morgan fingerprint density at radius 1 is 0.950 bits per heavy atom. The highest BCUT2D eigenvalue weighted by Crippen LogP contribution is 2.28. The standard InChI is InChI=1S/C18H23NO/c20-14-18(11-4-1-5-12-18)19-13-16-9-6-8-15-7-2-3-10-17(15)16/h2-3,6-10,19-20H,1,4-5,11-14H2. The minimum atomic E-state index is -0.0603. The average Bonchev–Trinajstić information content (AvgIpc) is 2.54. The predicted molar refractivity (Wildman–Crippen MR) is 83.7 cm³/mol. The lowest BCUT2D eigenvalue weighted by atomic mass is 9.82. The maximum Gasteiger partial charge on any atom is 0.0613 e. The van der Waals surface area contributed by atoms with Gasteiger partial charge < -0.3 is 10.4 Å². The molecular weight excluding hydrogens is 246 g/mol. The van der Waals surface area contributed by atoms with Crippen molar-refractivity contribution in [2.24, 2.45) is 0 Å². The molecule has 2 N–H and O–H groups in total. The van der Waals surface area contributed by atoms with Crippen molar-refractivity contribution in [1.29, 1.82) is 0 Å². The molecule has 1 saturated carbocycles. The molecule has 0 aromatic heterocycles. The highest BCUT2D eigenvalue weighted by Gasteiger charge is 2.30. The third-order valence-electron chi connectivity index (χ3n) is 4.65. The van der Waals surface area contributed by atoms with E-state index in [-0.39, 0.29) is 12.1 Å². The number of benzene rings is 2.